The van der Waals surface area contributed by atoms with Gasteiger partial charge >= 0.3 is 0 Å². The zero-order chi connectivity index (χ0) is 22.8. The smallest absolute Gasteiger partial charge is 0.233 e. The number of hydrogen-bond donors (Lipinski definition) is 0. The molecular weight excluding hydrogens is 414 g/mol. The van der Waals surface area contributed by atoms with Crippen molar-refractivity contribution in [1.29, 1.82) is 0 Å². The van der Waals surface area contributed by atoms with E-state index >= 15 is 0 Å². The van der Waals surface area contributed by atoms with Crippen LogP contribution in [0.2, 0.25) is 0 Å². The minimum absolute atomic E-state index is 0.249. The van der Waals surface area contributed by atoms with Gasteiger partial charge in [-0.25, -0.2) is 9.97 Å². The summed E-state index contributed by atoms with van der Waals surface area (Å²) in [4.78, 5) is 29.1. The lowest BCUT2D eigenvalue weighted by Gasteiger charge is -2.43. The molecule has 2 fully saturated rings. The Balaban J connectivity index is 1.34. The monoisotopic (exact) mass is 445 g/mol. The summed E-state index contributed by atoms with van der Waals surface area (Å²) in [6.45, 7) is 4.32. The standard InChI is InChI=1S/C26H31N5O2/c1-29(2)24-22-18-21(8-9-23(22)27-19-28-24)30-12-14-31(15-13-30)25(32)26(10-16-33-17-11-26)20-6-4-3-5-7-20/h3-9,18-19H,10-17H2,1-2H3. The maximum Gasteiger partial charge on any atom is 0.233 e. The van der Waals surface area contributed by atoms with E-state index in [4.69, 9.17) is 4.74 Å². The van der Waals surface area contributed by atoms with Crippen molar-refractivity contribution in [1.82, 2.24) is 14.9 Å². The van der Waals surface area contributed by atoms with Gasteiger partial charge in [0.1, 0.15) is 12.1 Å². The Morgan fingerprint density at radius 2 is 1.70 bits per heavy atom. The van der Waals surface area contributed by atoms with Gasteiger partial charge in [0, 0.05) is 64.6 Å². The van der Waals surface area contributed by atoms with E-state index in [-0.39, 0.29) is 5.91 Å². The number of carbonyl (C=O) groups is 1. The van der Waals surface area contributed by atoms with E-state index in [2.05, 4.69) is 50.1 Å². The Labute approximate surface area is 195 Å². The fourth-order valence-corrected chi connectivity index (χ4v) is 5.16. The van der Waals surface area contributed by atoms with Gasteiger partial charge in [-0.3, -0.25) is 4.79 Å². The summed E-state index contributed by atoms with van der Waals surface area (Å²) in [5.74, 6) is 1.17. The minimum Gasteiger partial charge on any atom is -0.381 e. The molecule has 2 aliphatic heterocycles. The molecule has 0 saturated carbocycles. The number of amides is 1. The van der Waals surface area contributed by atoms with E-state index < -0.39 is 5.41 Å². The topological polar surface area (TPSA) is 61.8 Å². The van der Waals surface area contributed by atoms with Crippen LogP contribution in [-0.2, 0) is 14.9 Å². The van der Waals surface area contributed by atoms with Crippen molar-refractivity contribution in [2.24, 2.45) is 0 Å². The number of nitrogens with zero attached hydrogens (tertiary/aromatic N) is 5. The second-order valence-corrected chi connectivity index (χ2v) is 9.13. The van der Waals surface area contributed by atoms with Gasteiger partial charge in [0.2, 0.25) is 5.91 Å². The second-order valence-electron chi connectivity index (χ2n) is 9.13. The maximum absolute atomic E-state index is 13.8. The Morgan fingerprint density at radius 3 is 2.39 bits per heavy atom. The van der Waals surface area contributed by atoms with Gasteiger partial charge in [-0.15, -0.1) is 0 Å². The average molecular weight is 446 g/mol. The number of carbonyl (C=O) groups excluding carboxylic acids is 1. The number of hydrogen-bond acceptors (Lipinski definition) is 6. The molecule has 1 amide bonds. The lowest BCUT2D eigenvalue weighted by atomic mass is 9.73. The number of fused-ring (bicyclic) bond motifs is 1. The van der Waals surface area contributed by atoms with Crippen molar-refractivity contribution in [3.05, 3.63) is 60.4 Å². The van der Waals surface area contributed by atoms with Crippen LogP contribution in [0.15, 0.2) is 54.9 Å². The van der Waals surface area contributed by atoms with Crippen LogP contribution < -0.4 is 9.80 Å². The Bertz CT molecular complexity index is 1120. The second kappa shape index (κ2) is 8.98. The summed E-state index contributed by atoms with van der Waals surface area (Å²) in [5, 5.41) is 1.05. The van der Waals surface area contributed by atoms with Crippen molar-refractivity contribution in [3.63, 3.8) is 0 Å². The molecule has 0 N–H and O–H groups in total. The fraction of sp³-hybridized carbons (Fsp3) is 0.423. The van der Waals surface area contributed by atoms with Crippen molar-refractivity contribution in [2.75, 3.05) is 63.3 Å². The minimum atomic E-state index is -0.470. The first kappa shape index (κ1) is 21.6. The van der Waals surface area contributed by atoms with Gasteiger partial charge in [-0.05, 0) is 36.6 Å². The van der Waals surface area contributed by atoms with Gasteiger partial charge in [0.15, 0.2) is 0 Å². The molecule has 7 nitrogen and oxygen atoms in total. The molecule has 1 aromatic heterocycles. The first-order valence-corrected chi connectivity index (χ1v) is 11.7. The molecule has 0 radical (unpaired) electrons. The molecule has 2 saturated heterocycles. The van der Waals surface area contributed by atoms with Crippen LogP contribution in [0.1, 0.15) is 18.4 Å². The molecule has 2 aromatic carbocycles. The highest BCUT2D eigenvalue weighted by Gasteiger charge is 2.44. The van der Waals surface area contributed by atoms with Crippen LogP contribution in [0.3, 0.4) is 0 Å². The Morgan fingerprint density at radius 1 is 0.970 bits per heavy atom. The maximum atomic E-state index is 13.8. The number of anilines is 2. The third kappa shape index (κ3) is 4.02. The Kier molecular flexibility index (Phi) is 5.89. The molecule has 7 heteroatoms. The highest BCUT2D eigenvalue weighted by Crippen LogP contribution is 2.37. The molecule has 172 valence electrons. The molecule has 0 bridgehead atoms. The lowest BCUT2D eigenvalue weighted by molar-refractivity contribution is -0.141. The summed E-state index contributed by atoms with van der Waals surface area (Å²) in [6.07, 6.45) is 3.10. The van der Waals surface area contributed by atoms with Crippen LogP contribution >= 0.6 is 0 Å². The van der Waals surface area contributed by atoms with Crippen LogP contribution in [0.5, 0.6) is 0 Å². The SMILES string of the molecule is CN(C)c1ncnc2ccc(N3CCN(C(=O)C4(c5ccccc5)CCOCC4)CC3)cc12. The van der Waals surface area contributed by atoms with Crippen LogP contribution in [0.25, 0.3) is 10.9 Å². The molecule has 0 spiro atoms. The van der Waals surface area contributed by atoms with Crippen LogP contribution in [-0.4, -0.2) is 74.3 Å². The third-order valence-electron chi connectivity index (χ3n) is 7.04. The van der Waals surface area contributed by atoms with Gasteiger partial charge in [-0.2, -0.15) is 0 Å². The predicted octanol–water partition coefficient (Wildman–Crippen LogP) is 3.09. The van der Waals surface area contributed by atoms with Gasteiger partial charge in [0.05, 0.1) is 10.9 Å². The quantitative estimate of drug-likeness (QED) is 0.615. The molecule has 3 aromatic rings. The number of ether oxygens (including phenoxy) is 1. The zero-order valence-electron chi connectivity index (χ0n) is 19.4. The van der Waals surface area contributed by atoms with E-state index in [1.54, 1.807) is 6.33 Å². The predicted molar refractivity (Wildman–Crippen MR) is 131 cm³/mol. The van der Waals surface area contributed by atoms with Crippen LogP contribution in [0.4, 0.5) is 11.5 Å². The largest absolute Gasteiger partial charge is 0.381 e. The van der Waals surface area contributed by atoms with Crippen molar-refractivity contribution < 1.29 is 9.53 Å². The highest BCUT2D eigenvalue weighted by molar-refractivity contribution is 5.92. The number of rotatable bonds is 4. The highest BCUT2D eigenvalue weighted by atomic mass is 16.5. The number of piperazine rings is 1. The summed E-state index contributed by atoms with van der Waals surface area (Å²) in [7, 11) is 4.00. The first-order chi connectivity index (χ1) is 16.1. The molecule has 3 heterocycles. The summed E-state index contributed by atoms with van der Waals surface area (Å²) in [6, 6.07) is 16.6. The summed E-state index contributed by atoms with van der Waals surface area (Å²) >= 11 is 0. The van der Waals surface area contributed by atoms with E-state index in [0.717, 1.165) is 67.0 Å². The van der Waals surface area contributed by atoms with Crippen LogP contribution in [0, 0.1) is 0 Å². The van der Waals surface area contributed by atoms with Crippen molar-refractivity contribution in [3.8, 4) is 0 Å². The van der Waals surface area contributed by atoms with Gasteiger partial charge < -0.3 is 19.4 Å². The number of aromatic nitrogens is 2. The molecule has 0 unspecified atom stereocenters. The Hall–Kier alpha value is -3.19. The summed E-state index contributed by atoms with van der Waals surface area (Å²) < 4.78 is 5.63. The van der Waals surface area contributed by atoms with Gasteiger partial charge in [-0.1, -0.05) is 30.3 Å². The first-order valence-electron chi connectivity index (χ1n) is 11.7. The molecule has 0 atom stereocenters. The van der Waals surface area contributed by atoms with Crippen molar-refractivity contribution in [2.45, 2.75) is 18.3 Å². The average Bonchev–Trinajstić information content (AvgIpc) is 2.88. The van der Waals surface area contributed by atoms with E-state index in [1.807, 2.05) is 37.2 Å². The summed E-state index contributed by atoms with van der Waals surface area (Å²) in [5.41, 5.74) is 2.74. The third-order valence-corrected chi connectivity index (χ3v) is 7.04. The van der Waals surface area contributed by atoms with E-state index in [9.17, 15) is 4.79 Å². The molecule has 33 heavy (non-hydrogen) atoms. The molecule has 5 rings (SSSR count). The lowest BCUT2D eigenvalue weighted by Crippen LogP contribution is -2.56. The number of benzene rings is 2. The van der Waals surface area contributed by atoms with E-state index in [0.29, 0.717) is 13.2 Å². The van der Waals surface area contributed by atoms with Crippen molar-refractivity contribution >= 4 is 28.3 Å². The zero-order valence-corrected chi connectivity index (χ0v) is 19.4. The molecule has 2 aliphatic rings. The molecule has 0 aliphatic carbocycles. The fourth-order valence-electron chi connectivity index (χ4n) is 5.16. The molecular formula is C26H31N5O2. The normalized spacial score (nSPS) is 18.4. The van der Waals surface area contributed by atoms with E-state index in [1.165, 1.54) is 0 Å². The van der Waals surface area contributed by atoms with Gasteiger partial charge in [0.25, 0.3) is 0 Å².